The third kappa shape index (κ3) is 2.89. The van der Waals surface area contributed by atoms with Crippen molar-refractivity contribution in [2.75, 3.05) is 12.3 Å². The van der Waals surface area contributed by atoms with Gasteiger partial charge < -0.3 is 9.73 Å². The molecular weight excluding hydrogens is 266 g/mol. The molecule has 0 aliphatic carbocycles. The van der Waals surface area contributed by atoms with E-state index in [0.29, 0.717) is 11.3 Å². The molecule has 0 bridgehead atoms. The van der Waals surface area contributed by atoms with Crippen LogP contribution in [-0.4, -0.2) is 17.5 Å². The van der Waals surface area contributed by atoms with Crippen LogP contribution in [-0.2, 0) is 0 Å². The van der Waals surface area contributed by atoms with Crippen molar-refractivity contribution in [2.45, 2.75) is 44.4 Å². The van der Waals surface area contributed by atoms with Gasteiger partial charge in [-0.2, -0.15) is 11.8 Å². The van der Waals surface area contributed by atoms with Gasteiger partial charge in [-0.15, -0.1) is 0 Å². The van der Waals surface area contributed by atoms with Gasteiger partial charge in [0.15, 0.2) is 0 Å². The van der Waals surface area contributed by atoms with Crippen LogP contribution < -0.4 is 5.32 Å². The third-order valence-electron chi connectivity index (χ3n) is 3.95. The first-order chi connectivity index (χ1) is 9.78. The molecule has 0 saturated carbocycles. The number of hydrogen-bond acceptors (Lipinski definition) is 3. The highest BCUT2D eigenvalue weighted by Crippen LogP contribution is 2.37. The van der Waals surface area contributed by atoms with Crippen LogP contribution >= 0.6 is 11.8 Å². The minimum atomic E-state index is 0.357. The van der Waals surface area contributed by atoms with Gasteiger partial charge in [-0.1, -0.05) is 18.6 Å². The summed E-state index contributed by atoms with van der Waals surface area (Å²) < 4.78 is 6.12. The summed E-state index contributed by atoms with van der Waals surface area (Å²) in [6, 6.07) is 9.01. The molecule has 1 aromatic carbocycles. The molecule has 0 spiro atoms. The van der Waals surface area contributed by atoms with Crippen molar-refractivity contribution in [3.8, 4) is 0 Å². The summed E-state index contributed by atoms with van der Waals surface area (Å²) in [5.74, 6) is 2.40. The molecule has 2 nitrogen and oxygen atoms in total. The van der Waals surface area contributed by atoms with Gasteiger partial charge in [0.2, 0.25) is 0 Å². The first-order valence-electron chi connectivity index (χ1n) is 7.63. The maximum atomic E-state index is 6.12. The van der Waals surface area contributed by atoms with Gasteiger partial charge in [0.1, 0.15) is 11.3 Å². The fraction of sp³-hybridized carbons (Fsp3) is 0.529. The van der Waals surface area contributed by atoms with Gasteiger partial charge in [-0.3, -0.25) is 0 Å². The van der Waals surface area contributed by atoms with E-state index >= 15 is 0 Å². The number of hydrogen-bond donors (Lipinski definition) is 1. The Hall–Kier alpha value is -0.930. The quantitative estimate of drug-likeness (QED) is 0.865. The lowest BCUT2D eigenvalue weighted by Gasteiger charge is -2.22. The average Bonchev–Trinajstić information content (AvgIpc) is 3.08. The molecule has 1 aliphatic rings. The minimum absolute atomic E-state index is 0.357. The molecule has 1 aliphatic heterocycles. The molecule has 0 radical (unpaired) electrons. The molecule has 1 aromatic heterocycles. The van der Waals surface area contributed by atoms with Gasteiger partial charge in [0.05, 0.1) is 6.04 Å². The predicted molar refractivity (Wildman–Crippen MR) is 87.5 cm³/mol. The average molecular weight is 289 g/mol. The van der Waals surface area contributed by atoms with E-state index in [2.05, 4.69) is 55.2 Å². The fourth-order valence-corrected chi connectivity index (χ4v) is 4.31. The molecule has 2 atom stereocenters. The van der Waals surface area contributed by atoms with E-state index in [0.717, 1.165) is 24.3 Å². The van der Waals surface area contributed by atoms with Crippen LogP contribution in [0.5, 0.6) is 0 Å². The second-order valence-corrected chi connectivity index (χ2v) is 7.02. The maximum absolute atomic E-state index is 6.12. The van der Waals surface area contributed by atoms with Gasteiger partial charge in [-0.25, -0.2) is 0 Å². The number of benzene rings is 1. The van der Waals surface area contributed by atoms with Gasteiger partial charge in [-0.05, 0) is 56.7 Å². The van der Waals surface area contributed by atoms with Crippen molar-refractivity contribution in [1.29, 1.82) is 0 Å². The topological polar surface area (TPSA) is 25.2 Å². The van der Waals surface area contributed by atoms with Crippen molar-refractivity contribution in [3.63, 3.8) is 0 Å². The molecule has 1 saturated heterocycles. The zero-order valence-corrected chi connectivity index (χ0v) is 13.1. The normalized spacial score (nSPS) is 20.6. The fourth-order valence-electron chi connectivity index (χ4n) is 2.92. The molecule has 108 valence electrons. The molecule has 1 fully saturated rings. The van der Waals surface area contributed by atoms with Crippen molar-refractivity contribution >= 4 is 22.7 Å². The smallest absolute Gasteiger partial charge is 0.134 e. The Kier molecular flexibility index (Phi) is 4.37. The molecular formula is C17H23NOS. The summed E-state index contributed by atoms with van der Waals surface area (Å²) in [7, 11) is 0. The van der Waals surface area contributed by atoms with E-state index in [1.165, 1.54) is 29.5 Å². The Bertz CT molecular complexity index is 571. The van der Waals surface area contributed by atoms with Crippen LogP contribution in [0.15, 0.2) is 28.7 Å². The first kappa shape index (κ1) is 14.0. The van der Waals surface area contributed by atoms with E-state index in [4.69, 9.17) is 4.42 Å². The number of furan rings is 1. The summed E-state index contributed by atoms with van der Waals surface area (Å²) in [5, 5.41) is 5.57. The zero-order valence-electron chi connectivity index (χ0n) is 12.3. The number of fused-ring (bicyclic) bond motifs is 1. The minimum Gasteiger partial charge on any atom is -0.459 e. The molecule has 2 unspecified atom stereocenters. The number of rotatable bonds is 5. The van der Waals surface area contributed by atoms with E-state index < -0.39 is 0 Å². The third-order valence-corrected chi connectivity index (χ3v) is 5.41. The van der Waals surface area contributed by atoms with Gasteiger partial charge >= 0.3 is 0 Å². The Labute approximate surface area is 125 Å². The Morgan fingerprint density at radius 2 is 2.30 bits per heavy atom. The van der Waals surface area contributed by atoms with Gasteiger partial charge in [0, 0.05) is 10.6 Å². The SMILES string of the molecule is CCCNC(c1cc2cc(C)ccc2o1)C1CCCS1. The van der Waals surface area contributed by atoms with Crippen LogP contribution in [0.1, 0.15) is 43.6 Å². The molecule has 1 N–H and O–H groups in total. The molecule has 2 aromatic rings. The Morgan fingerprint density at radius 3 is 3.05 bits per heavy atom. The number of aryl methyl sites for hydroxylation is 1. The van der Waals surface area contributed by atoms with E-state index in [1.54, 1.807) is 0 Å². The summed E-state index contributed by atoms with van der Waals surface area (Å²) in [6.45, 7) is 5.40. The second-order valence-electron chi connectivity index (χ2n) is 5.67. The zero-order chi connectivity index (χ0) is 13.9. The van der Waals surface area contributed by atoms with Crippen LogP contribution in [0, 0.1) is 6.92 Å². The van der Waals surface area contributed by atoms with Crippen molar-refractivity contribution in [3.05, 3.63) is 35.6 Å². The predicted octanol–water partition coefficient (Wildman–Crippen LogP) is 4.68. The monoisotopic (exact) mass is 289 g/mol. The lowest BCUT2D eigenvalue weighted by molar-refractivity contribution is 0.415. The highest BCUT2D eigenvalue weighted by atomic mass is 32.2. The highest BCUT2D eigenvalue weighted by Gasteiger charge is 2.29. The van der Waals surface area contributed by atoms with Gasteiger partial charge in [0.25, 0.3) is 0 Å². The largest absolute Gasteiger partial charge is 0.459 e. The summed E-state index contributed by atoms with van der Waals surface area (Å²) >= 11 is 2.09. The summed E-state index contributed by atoms with van der Waals surface area (Å²) in [6.07, 6.45) is 3.79. The maximum Gasteiger partial charge on any atom is 0.134 e. The Balaban J connectivity index is 1.90. The van der Waals surface area contributed by atoms with E-state index in [-0.39, 0.29) is 0 Å². The number of thioether (sulfide) groups is 1. The van der Waals surface area contributed by atoms with E-state index in [9.17, 15) is 0 Å². The molecule has 2 heterocycles. The molecule has 0 amide bonds. The lowest BCUT2D eigenvalue weighted by atomic mass is 10.1. The van der Waals surface area contributed by atoms with Crippen molar-refractivity contribution in [1.82, 2.24) is 5.32 Å². The number of nitrogens with one attached hydrogen (secondary N) is 1. The van der Waals surface area contributed by atoms with Crippen LogP contribution in [0.4, 0.5) is 0 Å². The van der Waals surface area contributed by atoms with E-state index in [1.807, 2.05) is 0 Å². The highest BCUT2D eigenvalue weighted by molar-refractivity contribution is 8.00. The molecule has 20 heavy (non-hydrogen) atoms. The standard InChI is InChI=1S/C17H23NOS/c1-3-8-18-17(16-5-4-9-20-16)15-11-13-10-12(2)6-7-14(13)19-15/h6-7,10-11,16-18H,3-5,8-9H2,1-2H3. The van der Waals surface area contributed by atoms with Crippen LogP contribution in [0.3, 0.4) is 0 Å². The molecule has 3 heteroatoms. The van der Waals surface area contributed by atoms with Crippen molar-refractivity contribution < 1.29 is 4.42 Å². The molecule has 3 rings (SSSR count). The van der Waals surface area contributed by atoms with Crippen molar-refractivity contribution in [2.24, 2.45) is 0 Å². The lowest BCUT2D eigenvalue weighted by Crippen LogP contribution is -2.29. The first-order valence-corrected chi connectivity index (χ1v) is 8.68. The van der Waals surface area contributed by atoms with Crippen LogP contribution in [0.2, 0.25) is 0 Å². The van der Waals surface area contributed by atoms with Crippen LogP contribution in [0.25, 0.3) is 11.0 Å². The summed E-state index contributed by atoms with van der Waals surface area (Å²) in [5.41, 5.74) is 2.30. The summed E-state index contributed by atoms with van der Waals surface area (Å²) in [4.78, 5) is 0. The second kappa shape index (κ2) is 6.23. The Morgan fingerprint density at radius 1 is 1.40 bits per heavy atom.